The van der Waals surface area contributed by atoms with Crippen molar-refractivity contribution in [2.75, 3.05) is 5.32 Å². The van der Waals surface area contributed by atoms with Gasteiger partial charge < -0.3 is 14.8 Å². The van der Waals surface area contributed by atoms with Crippen LogP contribution in [-0.4, -0.2) is 16.0 Å². The van der Waals surface area contributed by atoms with Gasteiger partial charge in [-0.05, 0) is 25.1 Å². The maximum atomic E-state index is 11.1. The standard InChI is InChI=1S/C13H12N2O5/c1-8-2-4-10(20-8)7-14-12-6-9(15(18)19)3-5-11(12)13(16)17/h2-6,14H,7H2,1H3,(H,16,17). The molecule has 0 atom stereocenters. The van der Waals surface area contributed by atoms with E-state index in [1.54, 1.807) is 19.1 Å². The van der Waals surface area contributed by atoms with Crippen LogP contribution in [0.4, 0.5) is 11.4 Å². The zero-order valence-corrected chi connectivity index (χ0v) is 10.6. The molecule has 2 aromatic rings. The van der Waals surface area contributed by atoms with Crippen LogP contribution in [0.15, 0.2) is 34.7 Å². The summed E-state index contributed by atoms with van der Waals surface area (Å²) in [6.07, 6.45) is 0. The molecule has 7 heteroatoms. The third-order valence-electron chi connectivity index (χ3n) is 2.69. The van der Waals surface area contributed by atoms with Gasteiger partial charge in [-0.25, -0.2) is 4.79 Å². The van der Waals surface area contributed by atoms with Gasteiger partial charge >= 0.3 is 5.97 Å². The molecule has 1 aromatic heterocycles. The van der Waals surface area contributed by atoms with Crippen LogP contribution in [0.3, 0.4) is 0 Å². The number of nitro benzene ring substituents is 1. The summed E-state index contributed by atoms with van der Waals surface area (Å²) < 4.78 is 5.34. The molecule has 0 saturated heterocycles. The van der Waals surface area contributed by atoms with Crippen molar-refractivity contribution >= 4 is 17.3 Å². The van der Waals surface area contributed by atoms with E-state index in [2.05, 4.69) is 5.32 Å². The van der Waals surface area contributed by atoms with E-state index in [0.29, 0.717) is 5.76 Å². The number of nitrogens with one attached hydrogen (secondary N) is 1. The van der Waals surface area contributed by atoms with Gasteiger partial charge in [0.15, 0.2) is 0 Å². The Morgan fingerprint density at radius 3 is 2.70 bits per heavy atom. The molecular formula is C13H12N2O5. The lowest BCUT2D eigenvalue weighted by atomic mass is 10.1. The second kappa shape index (κ2) is 5.43. The van der Waals surface area contributed by atoms with Gasteiger partial charge in [0.1, 0.15) is 11.5 Å². The number of anilines is 1. The van der Waals surface area contributed by atoms with E-state index < -0.39 is 10.9 Å². The van der Waals surface area contributed by atoms with E-state index in [4.69, 9.17) is 9.52 Å². The number of nitro groups is 1. The molecule has 0 aliphatic carbocycles. The summed E-state index contributed by atoms with van der Waals surface area (Å²) in [5.74, 6) is 0.197. The lowest BCUT2D eigenvalue weighted by molar-refractivity contribution is -0.384. The average Bonchev–Trinajstić information content (AvgIpc) is 2.81. The van der Waals surface area contributed by atoms with E-state index >= 15 is 0 Å². The molecule has 1 aromatic carbocycles. The van der Waals surface area contributed by atoms with E-state index in [-0.39, 0.29) is 23.5 Å². The second-order valence-corrected chi connectivity index (χ2v) is 4.16. The maximum absolute atomic E-state index is 11.1. The minimum absolute atomic E-state index is 0.0288. The summed E-state index contributed by atoms with van der Waals surface area (Å²) in [4.78, 5) is 21.2. The van der Waals surface area contributed by atoms with E-state index in [9.17, 15) is 14.9 Å². The van der Waals surface area contributed by atoms with Crippen molar-refractivity contribution in [1.29, 1.82) is 0 Å². The summed E-state index contributed by atoms with van der Waals surface area (Å²) in [5.41, 5.74) is -0.0206. The Kier molecular flexibility index (Phi) is 3.69. The summed E-state index contributed by atoms with van der Waals surface area (Å²) >= 11 is 0. The number of hydrogen-bond acceptors (Lipinski definition) is 5. The zero-order chi connectivity index (χ0) is 14.7. The van der Waals surface area contributed by atoms with Gasteiger partial charge in [-0.3, -0.25) is 10.1 Å². The first-order valence-corrected chi connectivity index (χ1v) is 5.78. The highest BCUT2D eigenvalue weighted by Gasteiger charge is 2.15. The Morgan fingerprint density at radius 1 is 1.40 bits per heavy atom. The molecule has 0 bridgehead atoms. The number of non-ortho nitro benzene ring substituents is 1. The molecule has 0 spiro atoms. The fraction of sp³-hybridized carbons (Fsp3) is 0.154. The highest BCUT2D eigenvalue weighted by Crippen LogP contribution is 2.23. The minimum Gasteiger partial charge on any atom is -0.478 e. The lowest BCUT2D eigenvalue weighted by Crippen LogP contribution is -2.06. The Hall–Kier alpha value is -2.83. The molecule has 2 N–H and O–H groups in total. The molecule has 2 rings (SSSR count). The lowest BCUT2D eigenvalue weighted by Gasteiger charge is -2.08. The van der Waals surface area contributed by atoms with Crippen LogP contribution in [0, 0.1) is 17.0 Å². The largest absolute Gasteiger partial charge is 0.478 e. The first kappa shape index (κ1) is 13.6. The van der Waals surface area contributed by atoms with Crippen molar-refractivity contribution in [3.63, 3.8) is 0 Å². The third kappa shape index (κ3) is 2.94. The van der Waals surface area contributed by atoms with Gasteiger partial charge in [-0.2, -0.15) is 0 Å². The van der Waals surface area contributed by atoms with E-state index in [1.165, 1.54) is 12.1 Å². The summed E-state index contributed by atoms with van der Waals surface area (Å²) in [5, 5.41) is 22.6. The van der Waals surface area contributed by atoms with Gasteiger partial charge in [0.25, 0.3) is 5.69 Å². The fourth-order valence-electron chi connectivity index (χ4n) is 1.74. The number of benzene rings is 1. The number of carbonyl (C=O) groups is 1. The summed E-state index contributed by atoms with van der Waals surface area (Å²) in [6.45, 7) is 2.04. The molecule has 0 amide bonds. The van der Waals surface area contributed by atoms with Crippen molar-refractivity contribution in [2.45, 2.75) is 13.5 Å². The number of aryl methyl sites for hydroxylation is 1. The number of carboxylic acids is 1. The first-order valence-electron chi connectivity index (χ1n) is 5.78. The number of nitrogens with zero attached hydrogens (tertiary/aromatic N) is 1. The molecule has 104 valence electrons. The predicted octanol–water partition coefficient (Wildman–Crippen LogP) is 2.81. The fourth-order valence-corrected chi connectivity index (χ4v) is 1.74. The van der Waals surface area contributed by atoms with Crippen LogP contribution in [0.25, 0.3) is 0 Å². The highest BCUT2D eigenvalue weighted by atomic mass is 16.6. The van der Waals surface area contributed by atoms with Gasteiger partial charge in [-0.15, -0.1) is 0 Å². The van der Waals surface area contributed by atoms with Crippen molar-refractivity contribution in [3.8, 4) is 0 Å². The molecule has 0 fully saturated rings. The number of furan rings is 1. The van der Waals surface area contributed by atoms with E-state index in [0.717, 1.165) is 11.8 Å². The van der Waals surface area contributed by atoms with E-state index in [1.807, 2.05) is 0 Å². The van der Waals surface area contributed by atoms with Crippen LogP contribution in [0.5, 0.6) is 0 Å². The number of aromatic carboxylic acids is 1. The third-order valence-corrected chi connectivity index (χ3v) is 2.69. The van der Waals surface area contributed by atoms with Crippen molar-refractivity contribution in [2.24, 2.45) is 0 Å². The van der Waals surface area contributed by atoms with Gasteiger partial charge in [0, 0.05) is 12.1 Å². The number of hydrogen-bond donors (Lipinski definition) is 2. The smallest absolute Gasteiger partial charge is 0.337 e. The summed E-state index contributed by atoms with van der Waals surface area (Å²) in [6, 6.07) is 7.09. The topological polar surface area (TPSA) is 106 Å². The van der Waals surface area contributed by atoms with Crippen LogP contribution in [0.2, 0.25) is 0 Å². The first-order chi connectivity index (χ1) is 9.47. The molecule has 0 radical (unpaired) electrons. The Balaban J connectivity index is 2.25. The highest BCUT2D eigenvalue weighted by molar-refractivity contribution is 5.94. The quantitative estimate of drug-likeness (QED) is 0.642. The molecule has 20 heavy (non-hydrogen) atoms. The molecule has 0 saturated carbocycles. The van der Waals surface area contributed by atoms with Crippen molar-refractivity contribution in [3.05, 3.63) is 57.5 Å². The van der Waals surface area contributed by atoms with Gasteiger partial charge in [-0.1, -0.05) is 0 Å². The number of rotatable bonds is 5. The van der Waals surface area contributed by atoms with Crippen LogP contribution in [-0.2, 0) is 6.54 Å². The molecule has 1 heterocycles. The average molecular weight is 276 g/mol. The Morgan fingerprint density at radius 2 is 2.15 bits per heavy atom. The van der Waals surface area contributed by atoms with Crippen molar-refractivity contribution < 1.29 is 19.2 Å². The monoisotopic (exact) mass is 276 g/mol. The number of carboxylic acid groups (broad SMARTS) is 1. The van der Waals surface area contributed by atoms with Crippen LogP contribution < -0.4 is 5.32 Å². The predicted molar refractivity (Wildman–Crippen MR) is 70.8 cm³/mol. The minimum atomic E-state index is -1.15. The molecule has 0 aliphatic rings. The van der Waals surface area contributed by atoms with Gasteiger partial charge in [0.05, 0.1) is 22.7 Å². The second-order valence-electron chi connectivity index (χ2n) is 4.16. The zero-order valence-electron chi connectivity index (χ0n) is 10.6. The molecule has 0 aliphatic heterocycles. The Labute approximate surface area is 114 Å². The van der Waals surface area contributed by atoms with Crippen LogP contribution >= 0.6 is 0 Å². The molecular weight excluding hydrogens is 264 g/mol. The molecule has 7 nitrogen and oxygen atoms in total. The maximum Gasteiger partial charge on any atom is 0.337 e. The Bertz CT molecular complexity index is 663. The van der Waals surface area contributed by atoms with Crippen molar-refractivity contribution in [1.82, 2.24) is 0 Å². The SMILES string of the molecule is Cc1ccc(CNc2cc([N+](=O)[O-])ccc2C(=O)O)o1. The summed E-state index contributed by atoms with van der Waals surface area (Å²) in [7, 11) is 0. The van der Waals surface area contributed by atoms with Gasteiger partial charge in [0.2, 0.25) is 0 Å². The van der Waals surface area contributed by atoms with Crippen LogP contribution in [0.1, 0.15) is 21.9 Å². The molecule has 0 unspecified atom stereocenters. The normalized spacial score (nSPS) is 10.2.